The lowest BCUT2D eigenvalue weighted by Gasteiger charge is -2.17. The molecule has 5 aromatic heterocycles. The van der Waals surface area contributed by atoms with Crippen LogP contribution < -0.4 is 4.68 Å². The SMILES string of the molecule is Fc1cn(CC(F)(F)F)nc1CC(c1ccc(-c2c(-[n+]3cnn[nH]3)ccc(Cl)c2F)cn1)n1cc(-c2ccnc(C(F)(F)F)c2)cn1. The Morgan fingerprint density at radius 2 is 1.72 bits per heavy atom. The molecular formula is C28H18ClF8N10+. The molecule has 0 amide bonds. The molecule has 0 aliphatic rings. The minimum absolute atomic E-state index is 0.0284. The lowest BCUT2D eigenvalue weighted by Crippen LogP contribution is -2.33. The van der Waals surface area contributed by atoms with Crippen molar-refractivity contribution in [3.05, 3.63) is 107 Å². The Kier molecular flexibility index (Phi) is 8.20. The van der Waals surface area contributed by atoms with Crippen LogP contribution in [0.2, 0.25) is 5.02 Å². The van der Waals surface area contributed by atoms with Crippen molar-refractivity contribution in [3.8, 4) is 27.9 Å². The summed E-state index contributed by atoms with van der Waals surface area (Å²) < 4.78 is 112. The van der Waals surface area contributed by atoms with E-state index in [1.54, 1.807) is 0 Å². The van der Waals surface area contributed by atoms with Crippen LogP contribution in [0.25, 0.3) is 27.9 Å². The second-order valence-corrected chi connectivity index (χ2v) is 10.5. The van der Waals surface area contributed by atoms with Crippen LogP contribution in [0.1, 0.15) is 23.1 Å². The lowest BCUT2D eigenvalue weighted by atomic mass is 10.0. The number of nitrogens with one attached hydrogen (secondary N) is 1. The van der Waals surface area contributed by atoms with E-state index in [-0.39, 0.29) is 50.8 Å². The zero-order valence-corrected chi connectivity index (χ0v) is 24.1. The van der Waals surface area contributed by atoms with Gasteiger partial charge >= 0.3 is 12.4 Å². The highest BCUT2D eigenvalue weighted by atomic mass is 35.5. The van der Waals surface area contributed by atoms with E-state index in [4.69, 9.17) is 11.6 Å². The van der Waals surface area contributed by atoms with Gasteiger partial charge in [0.15, 0.2) is 16.8 Å². The van der Waals surface area contributed by atoms with Gasteiger partial charge < -0.3 is 0 Å². The lowest BCUT2D eigenvalue weighted by molar-refractivity contribution is -0.659. The molecular weight excluding hydrogens is 664 g/mol. The van der Waals surface area contributed by atoms with Crippen molar-refractivity contribution in [1.82, 2.24) is 45.1 Å². The molecule has 1 N–H and O–H groups in total. The highest BCUT2D eigenvalue weighted by Gasteiger charge is 2.33. The van der Waals surface area contributed by atoms with Gasteiger partial charge in [-0.2, -0.15) is 36.5 Å². The van der Waals surface area contributed by atoms with Gasteiger partial charge in [0.05, 0.1) is 34.7 Å². The van der Waals surface area contributed by atoms with Gasteiger partial charge in [-0.3, -0.25) is 19.3 Å². The molecule has 1 unspecified atom stereocenters. The summed E-state index contributed by atoms with van der Waals surface area (Å²) in [5, 5.41) is 17.7. The number of rotatable bonds is 8. The number of tetrazole rings is 1. The van der Waals surface area contributed by atoms with Crippen LogP contribution in [0.5, 0.6) is 0 Å². The van der Waals surface area contributed by atoms with Crippen LogP contribution in [-0.4, -0.2) is 51.2 Å². The number of halogens is 9. The maximum atomic E-state index is 15.3. The first-order chi connectivity index (χ1) is 22.3. The molecule has 6 aromatic rings. The molecule has 0 bridgehead atoms. The smallest absolute Gasteiger partial charge is 0.263 e. The third kappa shape index (κ3) is 6.81. The summed E-state index contributed by atoms with van der Waals surface area (Å²) in [4.78, 5) is 7.77. The van der Waals surface area contributed by atoms with Crippen molar-refractivity contribution in [2.75, 3.05) is 0 Å². The Labute approximate surface area is 263 Å². The van der Waals surface area contributed by atoms with Crippen molar-refractivity contribution >= 4 is 11.6 Å². The van der Waals surface area contributed by atoms with Gasteiger partial charge in [-0.25, -0.2) is 8.78 Å². The molecule has 5 heterocycles. The Morgan fingerprint density at radius 1 is 0.915 bits per heavy atom. The van der Waals surface area contributed by atoms with Crippen LogP contribution in [0.3, 0.4) is 0 Å². The molecule has 0 saturated heterocycles. The highest BCUT2D eigenvalue weighted by molar-refractivity contribution is 6.31. The van der Waals surface area contributed by atoms with E-state index in [9.17, 15) is 30.7 Å². The highest BCUT2D eigenvalue weighted by Crippen LogP contribution is 2.34. The number of aromatic nitrogens is 10. The summed E-state index contributed by atoms with van der Waals surface area (Å²) in [5.74, 6) is -1.80. The largest absolute Gasteiger partial charge is 0.433 e. The summed E-state index contributed by atoms with van der Waals surface area (Å²) in [6.07, 6.45) is -2.91. The average molecular weight is 682 g/mol. The van der Waals surface area contributed by atoms with Crippen molar-refractivity contribution in [1.29, 1.82) is 0 Å². The number of aromatic amines is 1. The zero-order valence-electron chi connectivity index (χ0n) is 23.3. The molecule has 0 aliphatic carbocycles. The summed E-state index contributed by atoms with van der Waals surface area (Å²) >= 11 is 6.05. The maximum absolute atomic E-state index is 15.3. The van der Waals surface area contributed by atoms with Crippen LogP contribution in [0, 0.1) is 11.6 Å². The second-order valence-electron chi connectivity index (χ2n) is 10.1. The molecule has 0 fully saturated rings. The van der Waals surface area contributed by atoms with Gasteiger partial charge in [0.1, 0.15) is 28.7 Å². The Hall–Kier alpha value is -5.26. The molecule has 0 saturated carbocycles. The summed E-state index contributed by atoms with van der Waals surface area (Å²) in [5.41, 5.74) is -0.369. The van der Waals surface area contributed by atoms with E-state index < -0.39 is 42.3 Å². The Morgan fingerprint density at radius 3 is 2.40 bits per heavy atom. The number of hydrogen-bond acceptors (Lipinski definition) is 6. The maximum Gasteiger partial charge on any atom is 0.433 e. The van der Waals surface area contributed by atoms with Gasteiger partial charge in [0, 0.05) is 36.1 Å². The minimum Gasteiger partial charge on any atom is -0.263 e. The summed E-state index contributed by atoms with van der Waals surface area (Å²) in [6.45, 7) is -1.53. The summed E-state index contributed by atoms with van der Waals surface area (Å²) in [7, 11) is 0. The monoisotopic (exact) mass is 681 g/mol. The number of pyridine rings is 2. The van der Waals surface area contributed by atoms with E-state index in [0.717, 1.165) is 12.3 Å². The molecule has 1 atom stereocenters. The predicted octanol–water partition coefficient (Wildman–Crippen LogP) is 5.94. The molecule has 19 heteroatoms. The van der Waals surface area contributed by atoms with Gasteiger partial charge in [-0.1, -0.05) is 22.9 Å². The van der Waals surface area contributed by atoms with E-state index in [0.29, 0.717) is 10.9 Å². The number of H-pyrrole nitrogens is 1. The zero-order chi connectivity index (χ0) is 33.5. The van der Waals surface area contributed by atoms with Crippen molar-refractivity contribution in [3.63, 3.8) is 0 Å². The van der Waals surface area contributed by atoms with Gasteiger partial charge in [0.25, 0.3) is 6.33 Å². The van der Waals surface area contributed by atoms with Gasteiger partial charge in [0.2, 0.25) is 0 Å². The molecule has 6 rings (SSSR count). The normalized spacial score (nSPS) is 12.9. The second kappa shape index (κ2) is 12.2. The third-order valence-electron chi connectivity index (χ3n) is 6.95. The van der Waals surface area contributed by atoms with Crippen LogP contribution in [-0.2, 0) is 19.1 Å². The molecule has 242 valence electrons. The first kappa shape index (κ1) is 31.7. The van der Waals surface area contributed by atoms with Crippen molar-refractivity contribution < 1.29 is 39.8 Å². The summed E-state index contributed by atoms with van der Waals surface area (Å²) in [6, 6.07) is 6.93. The average Bonchev–Trinajstić information content (AvgIpc) is 3.79. The molecule has 10 nitrogen and oxygen atoms in total. The predicted molar refractivity (Wildman–Crippen MR) is 147 cm³/mol. The third-order valence-corrected chi connectivity index (χ3v) is 7.24. The van der Waals surface area contributed by atoms with Crippen molar-refractivity contribution in [2.24, 2.45) is 0 Å². The molecule has 0 spiro atoms. The molecule has 1 aromatic carbocycles. The Bertz CT molecular complexity index is 2020. The fourth-order valence-electron chi connectivity index (χ4n) is 4.84. The topological polar surface area (TPSA) is 107 Å². The van der Waals surface area contributed by atoms with Crippen LogP contribution in [0.4, 0.5) is 35.1 Å². The fraction of sp³-hybridized carbons (Fsp3) is 0.179. The molecule has 47 heavy (non-hydrogen) atoms. The quantitative estimate of drug-likeness (QED) is 0.157. The number of benzene rings is 1. The van der Waals surface area contributed by atoms with E-state index >= 15 is 4.39 Å². The van der Waals surface area contributed by atoms with E-state index in [1.165, 1.54) is 64.6 Å². The van der Waals surface area contributed by atoms with Crippen LogP contribution >= 0.6 is 11.6 Å². The van der Waals surface area contributed by atoms with Crippen LogP contribution in [0.15, 0.2) is 73.7 Å². The first-order valence-electron chi connectivity index (χ1n) is 13.4. The molecule has 0 radical (unpaired) electrons. The van der Waals surface area contributed by atoms with E-state index in [1.807, 2.05) is 0 Å². The number of hydrogen-bond donors (Lipinski definition) is 1. The standard InChI is InChI=1S/C28H17ClF8N10/c29-18-2-4-22(47-14-40-43-44-47)25(26(18)31)16-1-3-20(39-9-16)23(8-21-19(30)12-45(42-21)13-27(32,33)34)46-11-17(10-41-46)15-5-6-38-24(7-15)28(35,36)37/h1-7,9-12,14,23H,8,13H2/p+1. The molecule has 0 aliphatic heterocycles. The van der Waals surface area contributed by atoms with Gasteiger partial charge in [-0.15, -0.1) is 4.68 Å². The first-order valence-corrected chi connectivity index (χ1v) is 13.7. The van der Waals surface area contributed by atoms with Gasteiger partial charge in [-0.05, 0) is 35.9 Å². The van der Waals surface area contributed by atoms with Crippen molar-refractivity contribution in [2.45, 2.75) is 31.4 Å². The number of nitrogens with zero attached hydrogens (tertiary/aromatic N) is 9. The minimum atomic E-state index is -4.71. The fourth-order valence-corrected chi connectivity index (χ4v) is 5.00. The Balaban J connectivity index is 1.40. The number of alkyl halides is 6. The van der Waals surface area contributed by atoms with E-state index in [2.05, 4.69) is 35.7 Å².